The highest BCUT2D eigenvalue weighted by Gasteiger charge is 2.59. The van der Waals surface area contributed by atoms with Gasteiger partial charge in [0.25, 0.3) is 0 Å². The highest BCUT2D eigenvalue weighted by molar-refractivity contribution is 5.80. The summed E-state index contributed by atoms with van der Waals surface area (Å²) >= 11 is 0. The van der Waals surface area contributed by atoms with Crippen LogP contribution in [-0.4, -0.2) is 43.5 Å². The third kappa shape index (κ3) is 1.77. The molecule has 0 spiro atoms. The second kappa shape index (κ2) is 3.69. The van der Waals surface area contributed by atoms with Gasteiger partial charge in [-0.15, -0.1) is 0 Å². The predicted molar refractivity (Wildman–Crippen MR) is 48.3 cm³/mol. The van der Waals surface area contributed by atoms with Gasteiger partial charge in [-0.05, 0) is 11.8 Å². The lowest BCUT2D eigenvalue weighted by Gasteiger charge is -2.15. The molecule has 15 heavy (non-hydrogen) atoms. The Balaban J connectivity index is 1.96. The molecule has 1 heterocycles. The van der Waals surface area contributed by atoms with E-state index in [0.29, 0.717) is 13.2 Å². The van der Waals surface area contributed by atoms with Crippen molar-refractivity contribution in [2.24, 2.45) is 17.8 Å². The first kappa shape index (κ1) is 10.2. The number of aliphatic carboxylic acids is 1. The van der Waals surface area contributed by atoms with Crippen molar-refractivity contribution in [1.82, 2.24) is 5.32 Å². The van der Waals surface area contributed by atoms with Crippen molar-refractivity contribution in [1.29, 1.82) is 0 Å². The monoisotopic (exact) mass is 215 g/mol. The Morgan fingerprint density at radius 1 is 1.47 bits per heavy atom. The highest BCUT2D eigenvalue weighted by atomic mass is 16.5. The van der Waals surface area contributed by atoms with Crippen LogP contribution >= 0.6 is 0 Å². The summed E-state index contributed by atoms with van der Waals surface area (Å²) in [6.07, 6.45) is -0.701. The molecule has 1 saturated heterocycles. The zero-order valence-corrected chi connectivity index (χ0v) is 8.30. The fraction of sp³-hybridized carbons (Fsp3) is 0.778. The maximum atomic E-state index is 11.0. The van der Waals surface area contributed by atoms with E-state index >= 15 is 0 Å². The molecule has 1 amide bonds. The van der Waals surface area contributed by atoms with Crippen LogP contribution in [0, 0.1) is 17.8 Å². The highest BCUT2D eigenvalue weighted by Crippen LogP contribution is 2.52. The molecule has 1 unspecified atom stereocenters. The third-order valence-corrected chi connectivity index (χ3v) is 3.13. The van der Waals surface area contributed by atoms with Gasteiger partial charge in [0, 0.05) is 5.92 Å². The molecule has 84 valence electrons. The van der Waals surface area contributed by atoms with E-state index in [2.05, 4.69) is 10.1 Å². The first-order valence-electron chi connectivity index (χ1n) is 4.80. The van der Waals surface area contributed by atoms with E-state index in [1.807, 2.05) is 0 Å². The molecule has 2 aliphatic rings. The summed E-state index contributed by atoms with van der Waals surface area (Å²) in [5.41, 5.74) is 0. The van der Waals surface area contributed by atoms with Crippen LogP contribution in [0.3, 0.4) is 0 Å². The van der Waals surface area contributed by atoms with Gasteiger partial charge < -0.3 is 19.9 Å². The number of rotatable bonds is 3. The molecular formula is C9H13NO5. The molecule has 1 aliphatic carbocycles. The largest absolute Gasteiger partial charge is 0.480 e. The van der Waals surface area contributed by atoms with Crippen LogP contribution in [0.1, 0.15) is 0 Å². The first-order chi connectivity index (χ1) is 7.15. The van der Waals surface area contributed by atoms with Gasteiger partial charge in [0.05, 0.1) is 20.3 Å². The average Bonchev–Trinajstić information content (AvgIpc) is 2.68. The summed E-state index contributed by atoms with van der Waals surface area (Å²) in [6, 6.07) is -0.851. The zero-order chi connectivity index (χ0) is 11.0. The van der Waals surface area contributed by atoms with Crippen LogP contribution < -0.4 is 5.32 Å². The second-order valence-corrected chi connectivity index (χ2v) is 3.89. The first-order valence-corrected chi connectivity index (χ1v) is 4.80. The van der Waals surface area contributed by atoms with Crippen LogP contribution in [0.15, 0.2) is 0 Å². The van der Waals surface area contributed by atoms with Crippen LogP contribution in [0.2, 0.25) is 0 Å². The number of carboxylic acids is 1. The molecule has 0 aromatic rings. The fourth-order valence-corrected chi connectivity index (χ4v) is 2.29. The Morgan fingerprint density at radius 3 is 2.53 bits per heavy atom. The topological polar surface area (TPSA) is 84.9 Å². The molecule has 4 atom stereocenters. The lowest BCUT2D eigenvalue weighted by molar-refractivity contribution is -0.140. The summed E-state index contributed by atoms with van der Waals surface area (Å²) in [5.74, 6) is -0.457. The SMILES string of the molecule is COC(=O)NC(C(=O)O)[C@H]1[C@@H]2COC[C@@H]21. The molecule has 0 aromatic carbocycles. The number of hydrogen-bond donors (Lipinski definition) is 2. The van der Waals surface area contributed by atoms with Crippen molar-refractivity contribution < 1.29 is 24.2 Å². The standard InChI is InChI=1S/C9H13NO5/c1-14-9(13)10-7(8(11)12)6-4-2-15-3-5(4)6/h4-7H,2-3H2,1H3,(H,10,13)(H,11,12)/t4-,5+,6+,7?. The van der Waals surface area contributed by atoms with Gasteiger partial charge in [0.1, 0.15) is 6.04 Å². The maximum Gasteiger partial charge on any atom is 0.407 e. The number of ether oxygens (including phenoxy) is 2. The zero-order valence-electron chi connectivity index (χ0n) is 8.30. The molecular weight excluding hydrogens is 202 g/mol. The Hall–Kier alpha value is -1.30. The van der Waals surface area contributed by atoms with Crippen molar-refractivity contribution in [3.63, 3.8) is 0 Å². The van der Waals surface area contributed by atoms with Crippen molar-refractivity contribution in [2.45, 2.75) is 6.04 Å². The Bertz CT molecular complexity index is 282. The van der Waals surface area contributed by atoms with Gasteiger partial charge in [0.15, 0.2) is 0 Å². The number of carboxylic acid groups (broad SMARTS) is 1. The molecule has 6 heteroatoms. The number of methoxy groups -OCH3 is 1. The van der Waals surface area contributed by atoms with E-state index in [1.54, 1.807) is 0 Å². The third-order valence-electron chi connectivity index (χ3n) is 3.13. The molecule has 1 saturated carbocycles. The van der Waals surface area contributed by atoms with Gasteiger partial charge in [0.2, 0.25) is 0 Å². The minimum atomic E-state index is -1.01. The minimum Gasteiger partial charge on any atom is -0.480 e. The predicted octanol–water partition coefficient (Wildman–Crippen LogP) is -0.312. The number of nitrogens with one attached hydrogen (secondary N) is 1. The van der Waals surface area contributed by atoms with Gasteiger partial charge in [-0.2, -0.15) is 0 Å². The molecule has 2 rings (SSSR count). The smallest absolute Gasteiger partial charge is 0.407 e. The van der Waals surface area contributed by atoms with Crippen molar-refractivity contribution >= 4 is 12.1 Å². The number of carbonyl (C=O) groups excluding carboxylic acids is 1. The average molecular weight is 215 g/mol. The van der Waals surface area contributed by atoms with Crippen LogP contribution in [-0.2, 0) is 14.3 Å². The van der Waals surface area contributed by atoms with E-state index in [4.69, 9.17) is 9.84 Å². The van der Waals surface area contributed by atoms with E-state index in [-0.39, 0.29) is 17.8 Å². The van der Waals surface area contributed by atoms with Crippen LogP contribution in [0.5, 0.6) is 0 Å². The molecule has 1 aliphatic heterocycles. The molecule has 0 aromatic heterocycles. The number of carbonyl (C=O) groups is 2. The maximum absolute atomic E-state index is 11.0. The van der Waals surface area contributed by atoms with Crippen LogP contribution in [0.25, 0.3) is 0 Å². The number of fused-ring (bicyclic) bond motifs is 1. The van der Waals surface area contributed by atoms with Gasteiger partial charge in [-0.25, -0.2) is 9.59 Å². The van der Waals surface area contributed by atoms with Gasteiger partial charge >= 0.3 is 12.1 Å². The van der Waals surface area contributed by atoms with Gasteiger partial charge in [-0.1, -0.05) is 0 Å². The van der Waals surface area contributed by atoms with Crippen molar-refractivity contribution in [3.8, 4) is 0 Å². The quantitative estimate of drug-likeness (QED) is 0.674. The fourth-order valence-electron chi connectivity index (χ4n) is 2.29. The lowest BCUT2D eigenvalue weighted by Crippen LogP contribution is -2.43. The lowest BCUT2D eigenvalue weighted by atomic mass is 10.1. The Labute approximate surface area is 86.5 Å². The minimum absolute atomic E-state index is 0.00431. The summed E-state index contributed by atoms with van der Waals surface area (Å²) in [5, 5.41) is 11.3. The second-order valence-electron chi connectivity index (χ2n) is 3.89. The Kier molecular flexibility index (Phi) is 2.52. The number of hydrogen-bond acceptors (Lipinski definition) is 4. The van der Waals surface area contributed by atoms with Crippen LogP contribution in [0.4, 0.5) is 4.79 Å². The van der Waals surface area contributed by atoms with E-state index in [9.17, 15) is 9.59 Å². The number of amides is 1. The summed E-state index contributed by atoms with van der Waals surface area (Å²) in [6.45, 7) is 1.20. The van der Waals surface area contributed by atoms with E-state index < -0.39 is 18.1 Å². The normalized spacial score (nSPS) is 34.1. The molecule has 2 fully saturated rings. The summed E-state index contributed by atoms with van der Waals surface area (Å²) < 4.78 is 9.55. The van der Waals surface area contributed by atoms with Gasteiger partial charge in [-0.3, -0.25) is 0 Å². The Morgan fingerprint density at radius 2 is 2.07 bits per heavy atom. The van der Waals surface area contributed by atoms with Crippen molar-refractivity contribution in [3.05, 3.63) is 0 Å². The summed E-state index contributed by atoms with van der Waals surface area (Å²) in [4.78, 5) is 21.9. The molecule has 6 nitrogen and oxygen atoms in total. The molecule has 0 bridgehead atoms. The summed E-state index contributed by atoms with van der Waals surface area (Å²) in [7, 11) is 1.21. The van der Waals surface area contributed by atoms with E-state index in [0.717, 1.165) is 0 Å². The number of alkyl carbamates (subject to hydrolysis) is 1. The molecule has 0 radical (unpaired) electrons. The molecule has 2 N–H and O–H groups in total. The van der Waals surface area contributed by atoms with Crippen molar-refractivity contribution in [2.75, 3.05) is 20.3 Å². The van der Waals surface area contributed by atoms with E-state index in [1.165, 1.54) is 7.11 Å².